The Morgan fingerprint density at radius 1 is 0.404 bits per heavy atom. The van der Waals surface area contributed by atoms with Crippen LogP contribution >= 0.6 is 0 Å². The summed E-state index contributed by atoms with van der Waals surface area (Å²) in [7, 11) is 0. The molecule has 1 aliphatic carbocycles. The molecule has 0 bridgehead atoms. The van der Waals surface area contributed by atoms with Crippen molar-refractivity contribution in [3.05, 3.63) is 168 Å². The molecule has 8 aromatic rings. The molecule has 0 spiro atoms. The van der Waals surface area contributed by atoms with Crippen LogP contribution in [0.1, 0.15) is 30.5 Å². The first-order valence-corrected chi connectivity index (χ1v) is 16.3. The smallest absolute Gasteiger partial charge is 0.0991 e. The van der Waals surface area contributed by atoms with Gasteiger partial charge in [0.25, 0.3) is 0 Å². The summed E-state index contributed by atoms with van der Waals surface area (Å²) in [5.74, 6) is 0. The summed E-state index contributed by atoms with van der Waals surface area (Å²) in [4.78, 5) is 0. The van der Waals surface area contributed by atoms with Gasteiger partial charge in [-0.3, -0.25) is 0 Å². The van der Waals surface area contributed by atoms with E-state index in [1.165, 1.54) is 76.8 Å². The Balaban J connectivity index is 1.45. The number of rotatable bonds is 3. The van der Waals surface area contributed by atoms with Crippen molar-refractivity contribution in [3.8, 4) is 50.6 Å². The highest BCUT2D eigenvalue weighted by molar-refractivity contribution is 6.25. The molecule has 1 aliphatic rings. The van der Waals surface area contributed by atoms with Crippen LogP contribution in [0.25, 0.3) is 76.8 Å². The standard InChI is InChI=1S/C46H31N/c1-46(2)41-19-11-10-18-38(41)45-34-15-7-6-14-33(34)40(27-42(45)46)44-36-17-9-8-16-35(36)43(31-12-4-3-5-13-31)37-25-24-32(26-39(37)44)30-22-20-29(28-47)21-23-30/h3-27H,1-2H3. The summed E-state index contributed by atoms with van der Waals surface area (Å²) < 4.78 is 0. The Bertz CT molecular complexity index is 2580. The highest BCUT2D eigenvalue weighted by atomic mass is 14.4. The highest BCUT2D eigenvalue weighted by Crippen LogP contribution is 2.54. The average Bonchev–Trinajstić information content (AvgIpc) is 3.36. The van der Waals surface area contributed by atoms with Crippen molar-refractivity contribution in [2.75, 3.05) is 0 Å². The third-order valence-electron chi connectivity index (χ3n) is 10.3. The van der Waals surface area contributed by atoms with E-state index in [0.29, 0.717) is 5.56 Å². The van der Waals surface area contributed by atoms with Gasteiger partial charge in [-0.05, 0) is 112 Å². The molecule has 0 fully saturated rings. The minimum Gasteiger partial charge on any atom is -0.192 e. The maximum atomic E-state index is 9.44. The van der Waals surface area contributed by atoms with E-state index in [-0.39, 0.29) is 5.41 Å². The fourth-order valence-electron chi connectivity index (χ4n) is 8.06. The lowest BCUT2D eigenvalue weighted by atomic mass is 9.78. The van der Waals surface area contributed by atoms with E-state index in [1.807, 2.05) is 12.1 Å². The highest BCUT2D eigenvalue weighted by Gasteiger charge is 2.37. The number of benzene rings is 8. The summed E-state index contributed by atoms with van der Waals surface area (Å²) in [5.41, 5.74) is 13.2. The van der Waals surface area contributed by atoms with E-state index < -0.39 is 0 Å². The molecular formula is C46H31N. The largest absolute Gasteiger partial charge is 0.192 e. The molecule has 8 aromatic carbocycles. The molecule has 0 aromatic heterocycles. The third kappa shape index (κ3) is 4.02. The molecular weight excluding hydrogens is 567 g/mol. The first-order chi connectivity index (χ1) is 23.0. The molecule has 0 atom stereocenters. The van der Waals surface area contributed by atoms with Crippen LogP contribution in [-0.4, -0.2) is 0 Å². The predicted octanol–water partition coefficient (Wildman–Crippen LogP) is 12.3. The van der Waals surface area contributed by atoms with E-state index >= 15 is 0 Å². The summed E-state index contributed by atoms with van der Waals surface area (Å²) in [5, 5.41) is 17.0. The van der Waals surface area contributed by atoms with E-state index in [0.717, 1.165) is 11.1 Å². The van der Waals surface area contributed by atoms with Crippen LogP contribution in [-0.2, 0) is 5.41 Å². The van der Waals surface area contributed by atoms with Gasteiger partial charge < -0.3 is 0 Å². The molecule has 0 radical (unpaired) electrons. The quantitative estimate of drug-likeness (QED) is 0.186. The van der Waals surface area contributed by atoms with Crippen LogP contribution in [0.2, 0.25) is 0 Å². The van der Waals surface area contributed by atoms with Gasteiger partial charge in [-0.15, -0.1) is 0 Å². The summed E-state index contributed by atoms with van der Waals surface area (Å²) in [6.07, 6.45) is 0. The Morgan fingerprint density at radius 2 is 0.979 bits per heavy atom. The Hall–Kier alpha value is -5.97. The molecule has 0 N–H and O–H groups in total. The van der Waals surface area contributed by atoms with Crippen LogP contribution in [0.4, 0.5) is 0 Å². The van der Waals surface area contributed by atoms with Crippen LogP contribution in [0.5, 0.6) is 0 Å². The second-order valence-electron chi connectivity index (χ2n) is 13.2. The third-order valence-corrected chi connectivity index (χ3v) is 10.3. The van der Waals surface area contributed by atoms with Crippen molar-refractivity contribution in [3.63, 3.8) is 0 Å². The van der Waals surface area contributed by atoms with Gasteiger partial charge in [0.15, 0.2) is 0 Å². The second kappa shape index (κ2) is 10.3. The van der Waals surface area contributed by atoms with Crippen LogP contribution < -0.4 is 0 Å². The van der Waals surface area contributed by atoms with Gasteiger partial charge in [-0.1, -0.05) is 141 Å². The van der Waals surface area contributed by atoms with Gasteiger partial charge in [0, 0.05) is 5.41 Å². The lowest BCUT2D eigenvalue weighted by Gasteiger charge is -2.24. The van der Waals surface area contributed by atoms with Gasteiger partial charge >= 0.3 is 0 Å². The van der Waals surface area contributed by atoms with E-state index in [1.54, 1.807) is 0 Å². The van der Waals surface area contributed by atoms with Gasteiger partial charge in [0.2, 0.25) is 0 Å². The molecule has 1 heteroatoms. The van der Waals surface area contributed by atoms with Crippen LogP contribution in [0.3, 0.4) is 0 Å². The monoisotopic (exact) mass is 597 g/mol. The Kier molecular flexibility index (Phi) is 5.98. The molecule has 0 saturated carbocycles. The minimum absolute atomic E-state index is 0.131. The molecule has 0 unspecified atom stereocenters. The topological polar surface area (TPSA) is 23.8 Å². The van der Waals surface area contributed by atoms with E-state index in [4.69, 9.17) is 0 Å². The van der Waals surface area contributed by atoms with Gasteiger partial charge in [-0.25, -0.2) is 0 Å². The molecule has 9 rings (SSSR count). The maximum absolute atomic E-state index is 9.44. The van der Waals surface area contributed by atoms with E-state index in [9.17, 15) is 5.26 Å². The summed E-state index contributed by atoms with van der Waals surface area (Å²) in [6, 6.07) is 57.2. The van der Waals surface area contributed by atoms with Gasteiger partial charge in [0.05, 0.1) is 11.6 Å². The number of nitriles is 1. The van der Waals surface area contributed by atoms with Crippen molar-refractivity contribution in [1.82, 2.24) is 0 Å². The van der Waals surface area contributed by atoms with Crippen molar-refractivity contribution in [2.45, 2.75) is 19.3 Å². The zero-order valence-electron chi connectivity index (χ0n) is 26.4. The van der Waals surface area contributed by atoms with Crippen molar-refractivity contribution >= 4 is 32.3 Å². The fourth-order valence-corrected chi connectivity index (χ4v) is 8.06. The van der Waals surface area contributed by atoms with Gasteiger partial charge in [0.1, 0.15) is 0 Å². The van der Waals surface area contributed by atoms with Crippen molar-refractivity contribution in [2.24, 2.45) is 0 Å². The predicted molar refractivity (Wildman–Crippen MR) is 198 cm³/mol. The summed E-state index contributed by atoms with van der Waals surface area (Å²) in [6.45, 7) is 4.74. The molecule has 0 aliphatic heterocycles. The first-order valence-electron chi connectivity index (χ1n) is 16.3. The molecule has 1 nitrogen and oxygen atoms in total. The molecule has 0 heterocycles. The zero-order valence-corrected chi connectivity index (χ0v) is 26.4. The van der Waals surface area contributed by atoms with Crippen molar-refractivity contribution in [1.29, 1.82) is 5.26 Å². The normalized spacial score (nSPS) is 13.0. The minimum atomic E-state index is -0.131. The second-order valence-corrected chi connectivity index (χ2v) is 13.2. The van der Waals surface area contributed by atoms with Crippen LogP contribution in [0, 0.1) is 11.3 Å². The SMILES string of the molecule is CC1(C)c2ccccc2-c2c1cc(-c1c3ccccc3c(-c3ccccc3)c3ccc(-c4ccc(C#N)cc4)cc13)c1ccccc21. The lowest BCUT2D eigenvalue weighted by Crippen LogP contribution is -2.15. The van der Waals surface area contributed by atoms with Gasteiger partial charge in [-0.2, -0.15) is 5.26 Å². The number of nitrogens with zero attached hydrogens (tertiary/aromatic N) is 1. The molecule has 0 amide bonds. The number of fused-ring (bicyclic) bond motifs is 7. The zero-order chi connectivity index (χ0) is 31.7. The maximum Gasteiger partial charge on any atom is 0.0991 e. The molecule has 0 saturated heterocycles. The number of hydrogen-bond acceptors (Lipinski definition) is 1. The lowest BCUT2D eigenvalue weighted by molar-refractivity contribution is 0.661. The molecule has 47 heavy (non-hydrogen) atoms. The number of hydrogen-bond donors (Lipinski definition) is 0. The fraction of sp³-hybridized carbons (Fsp3) is 0.0652. The van der Waals surface area contributed by atoms with E-state index in [2.05, 4.69) is 159 Å². The Labute approximate surface area is 275 Å². The van der Waals surface area contributed by atoms with Crippen molar-refractivity contribution < 1.29 is 0 Å². The average molecular weight is 598 g/mol. The first kappa shape index (κ1) is 27.3. The Morgan fingerprint density at radius 3 is 1.70 bits per heavy atom. The summed E-state index contributed by atoms with van der Waals surface area (Å²) >= 11 is 0. The van der Waals surface area contributed by atoms with Crippen LogP contribution in [0.15, 0.2) is 152 Å². The molecule has 220 valence electrons.